The molecule has 0 amide bonds. The Morgan fingerprint density at radius 2 is 1.80 bits per heavy atom. The molecule has 62 valence electrons. The lowest BCUT2D eigenvalue weighted by atomic mass is 10.0. The Bertz CT molecular complexity index is 104. The van der Waals surface area contributed by atoms with Crippen LogP contribution in [0.25, 0.3) is 0 Å². The van der Waals surface area contributed by atoms with Crippen molar-refractivity contribution < 1.29 is 19.0 Å². The molecule has 0 aliphatic heterocycles. The monoisotopic (exact) mass is 154 g/mol. The molecule has 0 aromatic carbocycles. The fraction of sp³-hybridized carbons (Fsp3) is 1.00. The maximum absolute atomic E-state index is 12.3. The SMILES string of the molecule is CC(C)C(O)C(F)(F)CO. The van der Waals surface area contributed by atoms with Crippen molar-refractivity contribution in [3.63, 3.8) is 0 Å². The van der Waals surface area contributed by atoms with E-state index in [0.29, 0.717) is 0 Å². The number of alkyl halides is 2. The van der Waals surface area contributed by atoms with E-state index in [9.17, 15) is 8.78 Å². The van der Waals surface area contributed by atoms with Gasteiger partial charge in [-0.25, -0.2) is 8.78 Å². The van der Waals surface area contributed by atoms with Crippen LogP contribution in [-0.4, -0.2) is 28.8 Å². The standard InChI is InChI=1S/C6H12F2O2/c1-4(2)5(10)6(7,8)3-9/h4-5,9-10H,3H2,1-2H3. The zero-order valence-corrected chi connectivity index (χ0v) is 6.01. The first-order chi connectivity index (χ1) is 4.41. The molecule has 1 unspecified atom stereocenters. The summed E-state index contributed by atoms with van der Waals surface area (Å²) in [6.07, 6.45) is -1.75. The lowest BCUT2D eigenvalue weighted by Gasteiger charge is -2.22. The van der Waals surface area contributed by atoms with Crippen molar-refractivity contribution in [1.29, 1.82) is 0 Å². The average Bonchev–Trinajstić information content (AvgIpc) is 1.86. The summed E-state index contributed by atoms with van der Waals surface area (Å²) in [6.45, 7) is 1.63. The lowest BCUT2D eigenvalue weighted by molar-refractivity contribution is -0.151. The minimum absolute atomic E-state index is 0.540. The van der Waals surface area contributed by atoms with Gasteiger partial charge in [0.05, 0.1) is 0 Å². The number of hydrogen-bond donors (Lipinski definition) is 2. The number of halogens is 2. The van der Waals surface area contributed by atoms with Gasteiger partial charge in [-0.15, -0.1) is 0 Å². The molecule has 0 radical (unpaired) electrons. The van der Waals surface area contributed by atoms with Crippen molar-refractivity contribution in [2.45, 2.75) is 25.9 Å². The third kappa shape index (κ3) is 2.19. The Morgan fingerprint density at radius 3 is 1.90 bits per heavy atom. The molecule has 0 rings (SSSR count). The highest BCUT2D eigenvalue weighted by atomic mass is 19.3. The van der Waals surface area contributed by atoms with Gasteiger partial charge in [0.15, 0.2) is 0 Å². The minimum atomic E-state index is -3.37. The summed E-state index contributed by atoms with van der Waals surface area (Å²) in [5, 5.41) is 16.8. The second-order valence-corrected chi connectivity index (χ2v) is 2.61. The first-order valence-corrected chi connectivity index (χ1v) is 3.08. The molecule has 0 saturated heterocycles. The third-order valence-electron chi connectivity index (χ3n) is 1.28. The van der Waals surface area contributed by atoms with E-state index in [1.165, 1.54) is 13.8 Å². The molecule has 10 heavy (non-hydrogen) atoms. The van der Waals surface area contributed by atoms with E-state index in [0.717, 1.165) is 0 Å². The maximum atomic E-state index is 12.3. The van der Waals surface area contributed by atoms with Crippen LogP contribution in [0, 0.1) is 5.92 Å². The quantitative estimate of drug-likeness (QED) is 0.626. The van der Waals surface area contributed by atoms with E-state index < -0.39 is 24.6 Å². The summed E-state index contributed by atoms with van der Waals surface area (Å²) in [5.41, 5.74) is 0. The highest BCUT2D eigenvalue weighted by Gasteiger charge is 2.39. The molecular weight excluding hydrogens is 142 g/mol. The Morgan fingerprint density at radius 1 is 1.40 bits per heavy atom. The van der Waals surface area contributed by atoms with Gasteiger partial charge in [-0.05, 0) is 5.92 Å². The van der Waals surface area contributed by atoms with Gasteiger partial charge in [-0.1, -0.05) is 13.8 Å². The van der Waals surface area contributed by atoms with Gasteiger partial charge in [0.25, 0.3) is 5.92 Å². The molecular formula is C6H12F2O2. The van der Waals surface area contributed by atoms with Crippen molar-refractivity contribution in [3.05, 3.63) is 0 Å². The number of rotatable bonds is 3. The minimum Gasteiger partial charge on any atom is -0.390 e. The highest BCUT2D eigenvalue weighted by Crippen LogP contribution is 2.22. The predicted octanol–water partition coefficient (Wildman–Crippen LogP) is 0.631. The van der Waals surface area contributed by atoms with Gasteiger partial charge in [0.1, 0.15) is 12.7 Å². The van der Waals surface area contributed by atoms with Crippen LogP contribution in [0.5, 0.6) is 0 Å². The van der Waals surface area contributed by atoms with Crippen LogP contribution in [-0.2, 0) is 0 Å². The molecule has 0 aromatic rings. The molecule has 0 heterocycles. The summed E-state index contributed by atoms with van der Waals surface area (Å²) >= 11 is 0. The Balaban J connectivity index is 4.03. The molecule has 0 aliphatic rings. The van der Waals surface area contributed by atoms with Gasteiger partial charge in [-0.3, -0.25) is 0 Å². The molecule has 0 saturated carbocycles. The summed E-state index contributed by atoms with van der Waals surface area (Å²) in [7, 11) is 0. The summed E-state index contributed by atoms with van der Waals surface area (Å²) < 4.78 is 24.6. The number of aliphatic hydroxyl groups is 2. The molecule has 0 aromatic heterocycles. The number of hydrogen-bond acceptors (Lipinski definition) is 2. The van der Waals surface area contributed by atoms with E-state index >= 15 is 0 Å². The van der Waals surface area contributed by atoms with Crippen LogP contribution in [0.3, 0.4) is 0 Å². The zero-order chi connectivity index (χ0) is 8.36. The van der Waals surface area contributed by atoms with Crippen molar-refractivity contribution >= 4 is 0 Å². The fourth-order valence-corrected chi connectivity index (χ4v) is 0.581. The summed E-state index contributed by atoms with van der Waals surface area (Å²) in [5.74, 6) is -3.91. The first-order valence-electron chi connectivity index (χ1n) is 3.08. The van der Waals surface area contributed by atoms with Crippen LogP contribution in [0.15, 0.2) is 0 Å². The second-order valence-electron chi connectivity index (χ2n) is 2.61. The van der Waals surface area contributed by atoms with E-state index in [4.69, 9.17) is 10.2 Å². The number of aliphatic hydroxyl groups excluding tert-OH is 2. The Hall–Kier alpha value is -0.220. The largest absolute Gasteiger partial charge is 0.390 e. The topological polar surface area (TPSA) is 40.5 Å². The van der Waals surface area contributed by atoms with Crippen molar-refractivity contribution in [2.75, 3.05) is 6.61 Å². The molecule has 1 atom stereocenters. The van der Waals surface area contributed by atoms with Crippen LogP contribution in [0.4, 0.5) is 8.78 Å². The summed E-state index contributed by atoms with van der Waals surface area (Å²) in [6, 6.07) is 0. The molecule has 0 spiro atoms. The molecule has 2 nitrogen and oxygen atoms in total. The lowest BCUT2D eigenvalue weighted by Crippen LogP contribution is -2.40. The van der Waals surface area contributed by atoms with E-state index in [2.05, 4.69) is 0 Å². The molecule has 2 N–H and O–H groups in total. The van der Waals surface area contributed by atoms with Crippen LogP contribution >= 0.6 is 0 Å². The average molecular weight is 154 g/mol. The van der Waals surface area contributed by atoms with Gasteiger partial charge in [-0.2, -0.15) is 0 Å². The van der Waals surface area contributed by atoms with E-state index in [1.54, 1.807) is 0 Å². The highest BCUT2D eigenvalue weighted by molar-refractivity contribution is 4.77. The molecule has 0 aliphatic carbocycles. The van der Waals surface area contributed by atoms with Gasteiger partial charge >= 0.3 is 0 Å². The Labute approximate surface area is 58.5 Å². The van der Waals surface area contributed by atoms with Crippen LogP contribution in [0.2, 0.25) is 0 Å². The first kappa shape index (κ1) is 9.78. The van der Waals surface area contributed by atoms with Crippen molar-refractivity contribution in [1.82, 2.24) is 0 Å². The smallest absolute Gasteiger partial charge is 0.296 e. The molecule has 4 heteroatoms. The van der Waals surface area contributed by atoms with Crippen molar-refractivity contribution in [3.8, 4) is 0 Å². The van der Waals surface area contributed by atoms with Gasteiger partial charge in [0.2, 0.25) is 0 Å². The van der Waals surface area contributed by atoms with E-state index in [-0.39, 0.29) is 0 Å². The summed E-state index contributed by atoms with van der Waals surface area (Å²) in [4.78, 5) is 0. The zero-order valence-electron chi connectivity index (χ0n) is 6.01. The van der Waals surface area contributed by atoms with Crippen molar-refractivity contribution in [2.24, 2.45) is 5.92 Å². The molecule has 0 fully saturated rings. The third-order valence-corrected chi connectivity index (χ3v) is 1.28. The second kappa shape index (κ2) is 3.25. The predicted molar refractivity (Wildman–Crippen MR) is 32.9 cm³/mol. The van der Waals surface area contributed by atoms with E-state index in [1.807, 2.05) is 0 Å². The van der Waals surface area contributed by atoms with Gasteiger partial charge in [0, 0.05) is 0 Å². The van der Waals surface area contributed by atoms with Crippen LogP contribution in [0.1, 0.15) is 13.8 Å². The van der Waals surface area contributed by atoms with Gasteiger partial charge < -0.3 is 10.2 Å². The normalized spacial score (nSPS) is 15.9. The maximum Gasteiger partial charge on any atom is 0.296 e. The Kier molecular flexibility index (Phi) is 3.18. The van der Waals surface area contributed by atoms with Crippen LogP contribution < -0.4 is 0 Å². The molecule has 0 bridgehead atoms. The fourth-order valence-electron chi connectivity index (χ4n) is 0.581.